The molecular formula is C68H44N4. The van der Waals surface area contributed by atoms with Crippen molar-refractivity contribution in [3.05, 3.63) is 312 Å². The first-order valence-corrected chi connectivity index (χ1v) is 24.6. The molecule has 2 aliphatic rings. The minimum atomic E-state index is -0.648. The Morgan fingerprint density at radius 1 is 0.250 bits per heavy atom. The Hall–Kier alpha value is -9.38. The summed E-state index contributed by atoms with van der Waals surface area (Å²) in [5.74, 6) is 0. The average molecular weight is 917 g/mol. The highest BCUT2D eigenvalue weighted by Gasteiger charge is 2.48. The molecule has 72 heavy (non-hydrogen) atoms. The first-order valence-electron chi connectivity index (χ1n) is 24.6. The van der Waals surface area contributed by atoms with Gasteiger partial charge in [-0.3, -0.25) is 9.97 Å². The molecule has 0 aliphatic heterocycles. The molecule has 0 N–H and O–H groups in total. The monoisotopic (exact) mass is 916 g/mol. The lowest BCUT2D eigenvalue weighted by Gasteiger charge is -2.34. The van der Waals surface area contributed by atoms with Gasteiger partial charge in [-0.25, -0.2) is 9.97 Å². The summed E-state index contributed by atoms with van der Waals surface area (Å²) >= 11 is 0. The van der Waals surface area contributed by atoms with Crippen molar-refractivity contribution in [2.75, 3.05) is 0 Å². The molecule has 4 heteroatoms. The van der Waals surface area contributed by atoms with E-state index in [0.717, 1.165) is 55.8 Å². The van der Waals surface area contributed by atoms with Crippen molar-refractivity contribution >= 4 is 11.0 Å². The normalized spacial score (nSPS) is 13.5. The average Bonchev–Trinajstić information content (AvgIpc) is 3.93. The first-order chi connectivity index (χ1) is 35.7. The first kappa shape index (κ1) is 41.6. The van der Waals surface area contributed by atoms with E-state index in [1.165, 1.54) is 66.8 Å². The fraction of sp³-hybridized carbons (Fsp3) is 0.0294. The molecular weight excluding hydrogens is 873 g/mol. The van der Waals surface area contributed by atoms with Crippen LogP contribution in [0.5, 0.6) is 0 Å². The topological polar surface area (TPSA) is 51.6 Å². The summed E-state index contributed by atoms with van der Waals surface area (Å²) in [5, 5.41) is 0. The van der Waals surface area contributed by atoms with Crippen molar-refractivity contribution in [1.82, 2.24) is 19.9 Å². The number of aromatic nitrogens is 4. The van der Waals surface area contributed by atoms with Crippen LogP contribution >= 0.6 is 0 Å². The van der Waals surface area contributed by atoms with Gasteiger partial charge in [-0.05, 0) is 138 Å². The van der Waals surface area contributed by atoms with Crippen molar-refractivity contribution in [2.24, 2.45) is 0 Å². The van der Waals surface area contributed by atoms with Gasteiger partial charge < -0.3 is 0 Å². The van der Waals surface area contributed by atoms with E-state index in [1.54, 1.807) is 0 Å². The fourth-order valence-corrected chi connectivity index (χ4v) is 12.1. The molecule has 0 saturated carbocycles. The van der Waals surface area contributed by atoms with Crippen LogP contribution in [0.3, 0.4) is 0 Å². The highest BCUT2D eigenvalue weighted by atomic mass is 14.8. The Balaban J connectivity index is 1.02. The van der Waals surface area contributed by atoms with Gasteiger partial charge in [0.05, 0.1) is 33.3 Å². The van der Waals surface area contributed by atoms with Crippen molar-refractivity contribution in [1.29, 1.82) is 0 Å². The summed E-state index contributed by atoms with van der Waals surface area (Å²) in [6, 6.07) is 88.4. The van der Waals surface area contributed by atoms with Crippen LogP contribution in [-0.4, -0.2) is 19.9 Å². The number of hydrogen-bond acceptors (Lipinski definition) is 4. The van der Waals surface area contributed by atoms with Crippen LogP contribution in [0.2, 0.25) is 0 Å². The smallest absolute Gasteiger partial charge is 0.0973 e. The highest BCUT2D eigenvalue weighted by Crippen LogP contribution is 2.59. The maximum Gasteiger partial charge on any atom is 0.0973 e. The number of nitrogens with zero attached hydrogens (tertiary/aromatic N) is 4. The summed E-state index contributed by atoms with van der Waals surface area (Å²) in [5.41, 5.74) is 23.0. The lowest BCUT2D eigenvalue weighted by atomic mass is 9.67. The zero-order valence-electron chi connectivity index (χ0n) is 39.2. The van der Waals surface area contributed by atoms with Crippen LogP contribution in [-0.2, 0) is 10.8 Å². The molecule has 0 spiro atoms. The zero-order valence-corrected chi connectivity index (χ0v) is 39.2. The third-order valence-electron chi connectivity index (χ3n) is 15.2. The summed E-state index contributed by atoms with van der Waals surface area (Å²) in [6.07, 6.45) is 7.58. The van der Waals surface area contributed by atoms with Gasteiger partial charge in [-0.2, -0.15) is 0 Å². The minimum absolute atomic E-state index is 0.648. The molecule has 3 aromatic heterocycles. The minimum Gasteiger partial charge on any atom is -0.264 e. The SMILES string of the molecule is c1ccc(C2(c3ccccc3)c3cc(-c4cccnc4)ccc3-c3ccc(-c4nc5ccccc5nc4-c4ccc5c(c4)C(c4ccccc4)(c4ccccc4)c4cc(-c6cccnc6)ccc4-5)cc32)cc1. The molecule has 2 aliphatic carbocycles. The second-order valence-corrected chi connectivity index (χ2v) is 18.9. The summed E-state index contributed by atoms with van der Waals surface area (Å²) < 4.78 is 0. The number of pyridine rings is 2. The second kappa shape index (κ2) is 16.6. The predicted octanol–water partition coefficient (Wildman–Crippen LogP) is 15.8. The van der Waals surface area contributed by atoms with Gasteiger partial charge >= 0.3 is 0 Å². The molecule has 0 fully saturated rings. The van der Waals surface area contributed by atoms with E-state index < -0.39 is 10.8 Å². The number of para-hydroxylation sites is 2. The van der Waals surface area contributed by atoms with E-state index in [-0.39, 0.29) is 0 Å². The highest BCUT2D eigenvalue weighted by molar-refractivity contribution is 5.95. The summed E-state index contributed by atoms with van der Waals surface area (Å²) in [4.78, 5) is 20.2. The number of hydrogen-bond donors (Lipinski definition) is 0. The molecule has 12 aromatic rings. The molecule has 3 heterocycles. The Morgan fingerprint density at radius 2 is 0.556 bits per heavy atom. The van der Waals surface area contributed by atoms with Crippen molar-refractivity contribution in [2.45, 2.75) is 10.8 Å². The van der Waals surface area contributed by atoms with E-state index >= 15 is 0 Å². The Labute approximate surface area is 418 Å². The van der Waals surface area contributed by atoms with Gasteiger partial charge in [0, 0.05) is 35.9 Å². The molecule has 4 nitrogen and oxygen atoms in total. The third-order valence-corrected chi connectivity index (χ3v) is 15.2. The summed E-state index contributed by atoms with van der Waals surface area (Å²) in [7, 11) is 0. The Morgan fingerprint density at radius 3 is 0.875 bits per heavy atom. The molecule has 9 aromatic carbocycles. The fourth-order valence-electron chi connectivity index (χ4n) is 12.1. The predicted molar refractivity (Wildman–Crippen MR) is 291 cm³/mol. The zero-order chi connectivity index (χ0) is 47.6. The molecule has 0 bridgehead atoms. The van der Waals surface area contributed by atoms with Crippen molar-refractivity contribution in [3.63, 3.8) is 0 Å². The second-order valence-electron chi connectivity index (χ2n) is 18.9. The summed E-state index contributed by atoms with van der Waals surface area (Å²) in [6.45, 7) is 0. The maximum atomic E-state index is 5.60. The molecule has 0 atom stereocenters. The van der Waals surface area contributed by atoms with Crippen LogP contribution in [0.25, 0.3) is 78.1 Å². The quantitative estimate of drug-likeness (QED) is 0.152. The van der Waals surface area contributed by atoms with E-state index in [4.69, 9.17) is 9.97 Å². The lowest BCUT2D eigenvalue weighted by molar-refractivity contribution is 0.769. The van der Waals surface area contributed by atoms with E-state index in [1.807, 2.05) is 36.9 Å². The molecule has 336 valence electrons. The van der Waals surface area contributed by atoms with Crippen LogP contribution in [0.4, 0.5) is 0 Å². The van der Waals surface area contributed by atoms with Crippen LogP contribution in [0, 0.1) is 0 Å². The van der Waals surface area contributed by atoms with Crippen LogP contribution in [0.15, 0.2) is 267 Å². The van der Waals surface area contributed by atoms with E-state index in [9.17, 15) is 0 Å². The van der Waals surface area contributed by atoms with Crippen molar-refractivity contribution < 1.29 is 0 Å². The Kier molecular flexibility index (Phi) is 9.62. The van der Waals surface area contributed by atoms with Crippen LogP contribution in [0.1, 0.15) is 44.5 Å². The van der Waals surface area contributed by atoms with Gasteiger partial charge in [0.25, 0.3) is 0 Å². The van der Waals surface area contributed by atoms with Crippen molar-refractivity contribution in [3.8, 4) is 67.0 Å². The van der Waals surface area contributed by atoms with Gasteiger partial charge in [0.1, 0.15) is 0 Å². The van der Waals surface area contributed by atoms with Gasteiger partial charge in [-0.15, -0.1) is 0 Å². The number of benzene rings is 9. The molecule has 0 saturated heterocycles. The van der Waals surface area contributed by atoms with Gasteiger partial charge in [-0.1, -0.05) is 194 Å². The maximum absolute atomic E-state index is 5.60. The number of rotatable bonds is 8. The lowest BCUT2D eigenvalue weighted by Crippen LogP contribution is -2.28. The molecule has 14 rings (SSSR count). The molecule has 0 unspecified atom stereocenters. The number of fused-ring (bicyclic) bond motifs is 7. The standard InChI is InChI=1S/C68H44N4/c1-5-19-51(20-6-1)67(52-21-7-2-8-22-52)59-39-45(49-17-15-37-69-43-49)29-33-55(59)57-35-31-47(41-61(57)67)65-66(72-64-28-14-13-27-63(64)71-65)48-32-36-58-56-34-30-46(50-18-16-38-70-44-50)40-60(56)68(62(58)42-48,53-23-9-3-10-24-53)54-25-11-4-12-26-54/h1-44H. The largest absolute Gasteiger partial charge is 0.264 e. The van der Waals surface area contributed by atoms with Gasteiger partial charge in [0.2, 0.25) is 0 Å². The molecule has 0 amide bonds. The molecule has 0 radical (unpaired) electrons. The third kappa shape index (κ3) is 6.25. The van der Waals surface area contributed by atoms with Gasteiger partial charge in [0.15, 0.2) is 0 Å². The Bertz CT molecular complexity index is 3670. The van der Waals surface area contributed by atoms with Crippen LogP contribution < -0.4 is 0 Å². The van der Waals surface area contributed by atoms with E-state index in [0.29, 0.717) is 0 Å². The van der Waals surface area contributed by atoms with E-state index in [2.05, 4.69) is 240 Å².